The maximum absolute atomic E-state index is 12.4. The van der Waals surface area contributed by atoms with E-state index in [-0.39, 0.29) is 6.10 Å². The summed E-state index contributed by atoms with van der Waals surface area (Å²) in [6, 6.07) is 5.08. The molecule has 126 valence electrons. The molecule has 2 aromatic rings. The topological polar surface area (TPSA) is 73.3 Å². The van der Waals surface area contributed by atoms with Crippen LogP contribution in [-0.2, 0) is 4.74 Å². The molecule has 1 unspecified atom stereocenters. The van der Waals surface area contributed by atoms with E-state index < -0.39 is 11.8 Å². The number of aromatic nitrogens is 2. The third-order valence-electron chi connectivity index (χ3n) is 3.93. The van der Waals surface area contributed by atoms with Crippen LogP contribution in [0.4, 0.5) is 4.79 Å². The van der Waals surface area contributed by atoms with Gasteiger partial charge in [-0.3, -0.25) is 0 Å². The molecule has 0 aliphatic rings. The summed E-state index contributed by atoms with van der Waals surface area (Å²) in [7, 11) is 1.54. The molecule has 23 heavy (non-hydrogen) atoms. The van der Waals surface area contributed by atoms with Crippen LogP contribution in [0, 0.1) is 0 Å². The highest BCUT2D eigenvalue weighted by atomic mass is 16.6. The van der Waals surface area contributed by atoms with Gasteiger partial charge in [-0.25, -0.2) is 9.59 Å². The molecule has 0 saturated heterocycles. The summed E-state index contributed by atoms with van der Waals surface area (Å²) in [4.78, 5) is 27.2. The molecule has 0 aliphatic carbocycles. The predicted octanol–water partition coefficient (Wildman–Crippen LogP) is 3.68. The SMILES string of the molecule is CCCCCC(CC)OC(=O)n1c(=O)[nH]c2ccc(OC)cc21. The number of imidazole rings is 1. The van der Waals surface area contributed by atoms with Gasteiger partial charge in [0.25, 0.3) is 0 Å². The van der Waals surface area contributed by atoms with Crippen molar-refractivity contribution in [3.63, 3.8) is 0 Å². The van der Waals surface area contributed by atoms with Gasteiger partial charge in [-0.05, 0) is 31.4 Å². The maximum Gasteiger partial charge on any atom is 0.423 e. The molecule has 0 fully saturated rings. The van der Waals surface area contributed by atoms with Crippen molar-refractivity contribution in [1.29, 1.82) is 0 Å². The van der Waals surface area contributed by atoms with E-state index in [9.17, 15) is 9.59 Å². The number of nitrogens with zero attached hydrogens (tertiary/aromatic N) is 1. The van der Waals surface area contributed by atoms with Crippen molar-refractivity contribution in [3.05, 3.63) is 28.7 Å². The first kappa shape index (κ1) is 17.1. The summed E-state index contributed by atoms with van der Waals surface area (Å²) in [6.07, 6.45) is 3.98. The smallest absolute Gasteiger partial charge is 0.423 e. The number of hydrogen-bond acceptors (Lipinski definition) is 4. The summed E-state index contributed by atoms with van der Waals surface area (Å²) in [5.74, 6) is 0.577. The zero-order chi connectivity index (χ0) is 16.8. The number of carbonyl (C=O) groups excluding carboxylic acids is 1. The van der Waals surface area contributed by atoms with E-state index in [1.54, 1.807) is 18.2 Å². The number of carbonyl (C=O) groups is 1. The first-order valence-corrected chi connectivity index (χ1v) is 8.10. The van der Waals surface area contributed by atoms with Crippen LogP contribution in [0.5, 0.6) is 5.75 Å². The lowest BCUT2D eigenvalue weighted by atomic mass is 10.1. The second-order valence-corrected chi connectivity index (χ2v) is 5.56. The first-order valence-electron chi connectivity index (χ1n) is 8.10. The van der Waals surface area contributed by atoms with Gasteiger partial charge in [0.15, 0.2) is 0 Å². The molecule has 0 amide bonds. The first-order chi connectivity index (χ1) is 11.1. The predicted molar refractivity (Wildman–Crippen MR) is 89.2 cm³/mol. The van der Waals surface area contributed by atoms with Crippen molar-refractivity contribution in [1.82, 2.24) is 9.55 Å². The zero-order valence-corrected chi connectivity index (χ0v) is 13.9. The van der Waals surface area contributed by atoms with Crippen molar-refractivity contribution < 1.29 is 14.3 Å². The van der Waals surface area contributed by atoms with Gasteiger partial charge in [0.05, 0.1) is 18.1 Å². The van der Waals surface area contributed by atoms with Crippen LogP contribution in [0.25, 0.3) is 11.0 Å². The Labute approximate surface area is 135 Å². The molecule has 0 spiro atoms. The Kier molecular flexibility index (Phi) is 5.84. The molecule has 1 atom stereocenters. The molecule has 1 N–H and O–H groups in total. The second-order valence-electron chi connectivity index (χ2n) is 5.56. The van der Waals surface area contributed by atoms with Crippen LogP contribution in [0.2, 0.25) is 0 Å². The summed E-state index contributed by atoms with van der Waals surface area (Å²) in [6.45, 7) is 4.11. The number of aromatic amines is 1. The minimum absolute atomic E-state index is 0.170. The van der Waals surface area contributed by atoms with Crippen LogP contribution < -0.4 is 10.4 Å². The number of rotatable bonds is 7. The summed E-state index contributed by atoms with van der Waals surface area (Å²) in [5.41, 5.74) is 0.538. The average molecular weight is 320 g/mol. The van der Waals surface area contributed by atoms with Crippen molar-refractivity contribution in [2.75, 3.05) is 7.11 Å². The molecule has 0 bridgehead atoms. The Bertz CT molecular complexity index is 717. The van der Waals surface area contributed by atoms with Crippen LogP contribution in [0.1, 0.15) is 46.0 Å². The van der Waals surface area contributed by atoms with Gasteiger partial charge in [0, 0.05) is 6.07 Å². The number of methoxy groups -OCH3 is 1. The fourth-order valence-electron chi connectivity index (χ4n) is 2.55. The highest BCUT2D eigenvalue weighted by molar-refractivity contribution is 5.87. The average Bonchev–Trinajstić information content (AvgIpc) is 2.88. The molecule has 6 heteroatoms. The quantitative estimate of drug-likeness (QED) is 0.790. The number of hydrogen-bond donors (Lipinski definition) is 1. The lowest BCUT2D eigenvalue weighted by Gasteiger charge is -2.16. The minimum Gasteiger partial charge on any atom is -0.497 e. The molecule has 1 aromatic heterocycles. The van der Waals surface area contributed by atoms with E-state index in [0.29, 0.717) is 16.8 Å². The molecule has 0 aliphatic heterocycles. The molecular weight excluding hydrogens is 296 g/mol. The number of fused-ring (bicyclic) bond motifs is 1. The Balaban J connectivity index is 2.22. The van der Waals surface area contributed by atoms with Gasteiger partial charge >= 0.3 is 11.8 Å². The molecule has 0 radical (unpaired) electrons. The normalized spacial score (nSPS) is 12.3. The largest absolute Gasteiger partial charge is 0.497 e. The van der Waals surface area contributed by atoms with Crippen LogP contribution in [0.15, 0.2) is 23.0 Å². The Morgan fingerprint density at radius 2 is 2.09 bits per heavy atom. The minimum atomic E-state index is -0.641. The molecule has 1 aromatic carbocycles. The lowest BCUT2D eigenvalue weighted by Crippen LogP contribution is -2.29. The number of nitrogens with one attached hydrogen (secondary N) is 1. The van der Waals surface area contributed by atoms with E-state index in [1.807, 2.05) is 6.92 Å². The number of ether oxygens (including phenoxy) is 2. The van der Waals surface area contributed by atoms with Gasteiger partial charge in [0.1, 0.15) is 11.9 Å². The molecule has 0 saturated carbocycles. The molecular formula is C17H24N2O4. The lowest BCUT2D eigenvalue weighted by molar-refractivity contribution is 0.0900. The Morgan fingerprint density at radius 3 is 2.74 bits per heavy atom. The van der Waals surface area contributed by atoms with E-state index in [0.717, 1.165) is 36.7 Å². The van der Waals surface area contributed by atoms with Crippen molar-refractivity contribution in [2.24, 2.45) is 0 Å². The Hall–Kier alpha value is -2.24. The zero-order valence-electron chi connectivity index (χ0n) is 13.9. The van der Waals surface area contributed by atoms with Gasteiger partial charge in [-0.15, -0.1) is 0 Å². The summed E-state index contributed by atoms with van der Waals surface area (Å²) >= 11 is 0. The maximum atomic E-state index is 12.4. The van der Waals surface area contributed by atoms with Crippen LogP contribution in [0.3, 0.4) is 0 Å². The number of benzene rings is 1. The van der Waals surface area contributed by atoms with Crippen molar-refractivity contribution in [2.45, 2.75) is 52.1 Å². The Morgan fingerprint density at radius 1 is 1.30 bits per heavy atom. The molecule has 6 nitrogen and oxygen atoms in total. The van der Waals surface area contributed by atoms with Crippen molar-refractivity contribution >= 4 is 17.1 Å². The van der Waals surface area contributed by atoms with Crippen molar-refractivity contribution in [3.8, 4) is 5.75 Å². The van der Waals surface area contributed by atoms with E-state index in [2.05, 4.69) is 11.9 Å². The second kappa shape index (κ2) is 7.85. The van der Waals surface area contributed by atoms with Crippen LogP contribution >= 0.6 is 0 Å². The summed E-state index contributed by atoms with van der Waals surface area (Å²) in [5, 5.41) is 0. The van der Waals surface area contributed by atoms with Crippen LogP contribution in [-0.4, -0.2) is 28.9 Å². The van der Waals surface area contributed by atoms with E-state index in [4.69, 9.17) is 9.47 Å². The number of H-pyrrole nitrogens is 1. The van der Waals surface area contributed by atoms with E-state index >= 15 is 0 Å². The highest BCUT2D eigenvalue weighted by Gasteiger charge is 2.19. The van der Waals surface area contributed by atoms with Gasteiger partial charge in [-0.1, -0.05) is 26.7 Å². The highest BCUT2D eigenvalue weighted by Crippen LogP contribution is 2.19. The molecule has 2 rings (SSSR count). The standard InChI is InChI=1S/C17H24N2O4/c1-4-6-7-8-12(5-2)23-17(21)19-15-11-13(22-3)9-10-14(15)18-16(19)20/h9-12H,4-8H2,1-3H3,(H,18,20). The third-order valence-corrected chi connectivity index (χ3v) is 3.93. The fourth-order valence-corrected chi connectivity index (χ4v) is 2.55. The number of unbranched alkanes of at least 4 members (excludes halogenated alkanes) is 2. The third kappa shape index (κ3) is 3.94. The van der Waals surface area contributed by atoms with Gasteiger partial charge in [-0.2, -0.15) is 4.57 Å². The summed E-state index contributed by atoms with van der Waals surface area (Å²) < 4.78 is 11.7. The van der Waals surface area contributed by atoms with Gasteiger partial charge in [0.2, 0.25) is 0 Å². The fraction of sp³-hybridized carbons (Fsp3) is 0.529. The van der Waals surface area contributed by atoms with E-state index in [1.165, 1.54) is 7.11 Å². The monoisotopic (exact) mass is 320 g/mol. The molecule has 1 heterocycles. The van der Waals surface area contributed by atoms with Gasteiger partial charge < -0.3 is 14.5 Å².